The number of ether oxygens (including phenoxy) is 1. The molecular weight excluding hydrogens is 402 g/mol. The number of hydrogen-bond acceptors (Lipinski definition) is 5. The lowest BCUT2D eigenvalue weighted by Crippen LogP contribution is -2.22. The van der Waals surface area contributed by atoms with Gasteiger partial charge in [-0.05, 0) is 41.9 Å². The number of carbonyl (C=O) groups is 2. The van der Waals surface area contributed by atoms with Crippen LogP contribution in [-0.2, 0) is 13.1 Å². The van der Waals surface area contributed by atoms with E-state index >= 15 is 0 Å². The standard InChI is InChI=1S/C17H16BrN5O3/c1-3-23-15(13(18)9(2)21-23)16(25)20-17-19-11-6-10(8-24)7-12-14(11)22(17)4-5-26-12/h6-8H,3-5H2,1-2H3,(H,19,20,25). The molecule has 0 spiro atoms. The monoisotopic (exact) mass is 417 g/mol. The predicted octanol–water partition coefficient (Wildman–Crippen LogP) is 2.78. The Balaban J connectivity index is 1.78. The molecule has 0 radical (unpaired) electrons. The van der Waals surface area contributed by atoms with Crippen molar-refractivity contribution in [3.05, 3.63) is 33.6 Å². The van der Waals surface area contributed by atoms with Gasteiger partial charge in [0, 0.05) is 12.1 Å². The third kappa shape index (κ3) is 2.50. The second kappa shape index (κ2) is 6.24. The van der Waals surface area contributed by atoms with Crippen LogP contribution >= 0.6 is 15.9 Å². The molecule has 4 rings (SSSR count). The highest BCUT2D eigenvalue weighted by Gasteiger charge is 2.24. The van der Waals surface area contributed by atoms with E-state index in [2.05, 4.69) is 31.3 Å². The molecule has 1 aromatic carbocycles. The van der Waals surface area contributed by atoms with Gasteiger partial charge in [0.1, 0.15) is 29.9 Å². The fourth-order valence-electron chi connectivity index (χ4n) is 3.15. The minimum Gasteiger partial charge on any atom is -0.489 e. The quantitative estimate of drug-likeness (QED) is 0.658. The molecule has 8 nitrogen and oxygen atoms in total. The Labute approximate surface area is 157 Å². The van der Waals surface area contributed by atoms with Gasteiger partial charge in [0.15, 0.2) is 0 Å². The van der Waals surface area contributed by atoms with Crippen LogP contribution in [0, 0.1) is 6.92 Å². The maximum atomic E-state index is 12.9. The third-order valence-corrected chi connectivity index (χ3v) is 5.28. The lowest BCUT2D eigenvalue weighted by molar-refractivity contribution is 0.101. The lowest BCUT2D eigenvalue weighted by atomic mass is 10.2. The summed E-state index contributed by atoms with van der Waals surface area (Å²) in [6, 6.07) is 3.37. The first-order valence-corrected chi connectivity index (χ1v) is 8.99. The second-order valence-electron chi connectivity index (χ2n) is 5.96. The summed E-state index contributed by atoms with van der Waals surface area (Å²) in [5, 5.41) is 7.22. The smallest absolute Gasteiger partial charge is 0.277 e. The first-order chi connectivity index (χ1) is 12.5. The Morgan fingerprint density at radius 2 is 2.27 bits per heavy atom. The van der Waals surface area contributed by atoms with Gasteiger partial charge in [-0.25, -0.2) is 4.98 Å². The Kier molecular flexibility index (Phi) is 4.03. The van der Waals surface area contributed by atoms with Gasteiger partial charge in [-0.3, -0.25) is 19.6 Å². The van der Waals surface area contributed by atoms with Gasteiger partial charge in [-0.2, -0.15) is 5.10 Å². The molecule has 9 heteroatoms. The van der Waals surface area contributed by atoms with Crippen LogP contribution in [0.5, 0.6) is 5.75 Å². The average Bonchev–Trinajstić information content (AvgIpc) is 3.13. The summed E-state index contributed by atoms with van der Waals surface area (Å²) < 4.78 is 9.85. The van der Waals surface area contributed by atoms with Crippen molar-refractivity contribution >= 4 is 45.1 Å². The van der Waals surface area contributed by atoms with Crippen molar-refractivity contribution in [1.82, 2.24) is 19.3 Å². The van der Waals surface area contributed by atoms with Gasteiger partial charge in [-0.1, -0.05) is 0 Å². The van der Waals surface area contributed by atoms with Crippen LogP contribution in [-0.4, -0.2) is 38.1 Å². The van der Waals surface area contributed by atoms with Crippen molar-refractivity contribution in [2.45, 2.75) is 26.9 Å². The minimum atomic E-state index is -0.297. The van der Waals surface area contributed by atoms with Gasteiger partial charge in [-0.15, -0.1) is 0 Å². The van der Waals surface area contributed by atoms with Crippen molar-refractivity contribution < 1.29 is 14.3 Å². The van der Waals surface area contributed by atoms with E-state index in [1.807, 2.05) is 18.4 Å². The number of aryl methyl sites for hydroxylation is 2. The largest absolute Gasteiger partial charge is 0.489 e. The number of hydrogen-bond donors (Lipinski definition) is 1. The van der Waals surface area contributed by atoms with E-state index in [-0.39, 0.29) is 5.91 Å². The molecule has 1 N–H and O–H groups in total. The molecule has 1 aliphatic rings. The highest BCUT2D eigenvalue weighted by molar-refractivity contribution is 9.10. The Morgan fingerprint density at radius 3 is 3.00 bits per heavy atom. The highest BCUT2D eigenvalue weighted by Crippen LogP contribution is 2.33. The highest BCUT2D eigenvalue weighted by atomic mass is 79.9. The zero-order valence-corrected chi connectivity index (χ0v) is 15.8. The first-order valence-electron chi connectivity index (χ1n) is 8.20. The number of amides is 1. The van der Waals surface area contributed by atoms with Crippen molar-refractivity contribution in [1.29, 1.82) is 0 Å². The summed E-state index contributed by atoms with van der Waals surface area (Å²) in [6.45, 7) is 5.34. The van der Waals surface area contributed by atoms with Crippen LogP contribution in [0.15, 0.2) is 16.6 Å². The van der Waals surface area contributed by atoms with E-state index in [4.69, 9.17) is 4.74 Å². The normalized spacial score (nSPS) is 12.9. The topological polar surface area (TPSA) is 91.0 Å². The molecule has 3 aromatic rings. The number of aromatic nitrogens is 4. The Hall–Kier alpha value is -2.68. The van der Waals surface area contributed by atoms with Crippen LogP contribution in [0.3, 0.4) is 0 Å². The fourth-order valence-corrected chi connectivity index (χ4v) is 3.62. The Bertz CT molecular complexity index is 1050. The maximum absolute atomic E-state index is 12.9. The Morgan fingerprint density at radius 1 is 1.46 bits per heavy atom. The van der Waals surface area contributed by atoms with Crippen molar-refractivity contribution in [2.75, 3.05) is 11.9 Å². The summed E-state index contributed by atoms with van der Waals surface area (Å²) in [4.78, 5) is 28.5. The number of carbonyl (C=O) groups excluding carboxylic acids is 2. The van der Waals surface area contributed by atoms with Crippen LogP contribution in [0.2, 0.25) is 0 Å². The van der Waals surface area contributed by atoms with E-state index in [1.165, 1.54) is 0 Å². The second-order valence-corrected chi connectivity index (χ2v) is 6.75. The molecule has 134 valence electrons. The van der Waals surface area contributed by atoms with E-state index in [0.29, 0.717) is 52.6 Å². The molecule has 3 heterocycles. The van der Waals surface area contributed by atoms with Gasteiger partial charge < -0.3 is 9.30 Å². The van der Waals surface area contributed by atoms with Crippen molar-refractivity contribution in [2.24, 2.45) is 0 Å². The average molecular weight is 418 g/mol. The number of anilines is 1. The molecule has 0 aliphatic carbocycles. The molecule has 1 aliphatic heterocycles. The van der Waals surface area contributed by atoms with E-state index in [0.717, 1.165) is 17.5 Å². The van der Waals surface area contributed by atoms with Gasteiger partial charge in [0.2, 0.25) is 5.95 Å². The summed E-state index contributed by atoms with van der Waals surface area (Å²) in [5.41, 5.74) is 3.07. The zero-order chi connectivity index (χ0) is 18.4. The van der Waals surface area contributed by atoms with Gasteiger partial charge in [0.05, 0.1) is 22.2 Å². The van der Waals surface area contributed by atoms with Crippen LogP contribution in [0.25, 0.3) is 11.0 Å². The van der Waals surface area contributed by atoms with Crippen molar-refractivity contribution in [3.63, 3.8) is 0 Å². The third-order valence-electron chi connectivity index (χ3n) is 4.33. The molecule has 2 aromatic heterocycles. The van der Waals surface area contributed by atoms with Crippen LogP contribution in [0.1, 0.15) is 33.5 Å². The van der Waals surface area contributed by atoms with Crippen LogP contribution < -0.4 is 10.1 Å². The summed E-state index contributed by atoms with van der Waals surface area (Å²) in [7, 11) is 0. The number of benzene rings is 1. The predicted molar refractivity (Wildman–Crippen MR) is 98.9 cm³/mol. The minimum absolute atomic E-state index is 0.297. The lowest BCUT2D eigenvalue weighted by Gasteiger charge is -2.18. The number of imidazole rings is 1. The summed E-state index contributed by atoms with van der Waals surface area (Å²) in [6.07, 6.45) is 0.755. The number of nitrogens with zero attached hydrogens (tertiary/aromatic N) is 4. The van der Waals surface area contributed by atoms with E-state index in [1.54, 1.807) is 16.8 Å². The van der Waals surface area contributed by atoms with E-state index in [9.17, 15) is 9.59 Å². The molecule has 26 heavy (non-hydrogen) atoms. The number of aldehydes is 1. The van der Waals surface area contributed by atoms with Gasteiger partial charge >= 0.3 is 0 Å². The fraction of sp³-hybridized carbons (Fsp3) is 0.294. The van der Waals surface area contributed by atoms with Crippen molar-refractivity contribution in [3.8, 4) is 5.75 Å². The molecular formula is C17H16BrN5O3. The van der Waals surface area contributed by atoms with Gasteiger partial charge in [0.25, 0.3) is 5.91 Å². The number of rotatable bonds is 4. The molecule has 1 amide bonds. The molecule has 0 unspecified atom stereocenters. The van der Waals surface area contributed by atoms with Crippen LogP contribution in [0.4, 0.5) is 5.95 Å². The first kappa shape index (κ1) is 16.8. The number of halogens is 1. The number of nitrogens with one attached hydrogen (secondary N) is 1. The SMILES string of the molecule is CCn1nc(C)c(Br)c1C(=O)Nc1nc2cc(C=O)cc3c2n1CCO3. The summed E-state index contributed by atoms with van der Waals surface area (Å²) in [5.74, 6) is 0.722. The molecule has 0 fully saturated rings. The molecule has 0 saturated heterocycles. The maximum Gasteiger partial charge on any atom is 0.277 e. The molecule has 0 atom stereocenters. The molecule has 0 bridgehead atoms. The molecule has 0 saturated carbocycles. The van der Waals surface area contributed by atoms with E-state index < -0.39 is 0 Å². The zero-order valence-electron chi connectivity index (χ0n) is 14.2. The summed E-state index contributed by atoms with van der Waals surface area (Å²) >= 11 is 3.44.